The van der Waals surface area contributed by atoms with Gasteiger partial charge in [0.1, 0.15) is 5.82 Å². The molecule has 0 aliphatic rings. The molecule has 0 radical (unpaired) electrons. The standard InChI is InChI=1S/C16H18BrFN2/c1-3-6-20-16(13-8-14(17)10-19-9-13)12-4-5-15(18)11(2)7-12/h4-5,7-10,16,20H,3,6H2,1-2H3. The third-order valence-electron chi connectivity index (χ3n) is 3.17. The lowest BCUT2D eigenvalue weighted by Crippen LogP contribution is -2.23. The predicted octanol–water partition coefficient (Wildman–Crippen LogP) is 4.38. The van der Waals surface area contributed by atoms with Gasteiger partial charge in [0.2, 0.25) is 0 Å². The van der Waals surface area contributed by atoms with E-state index in [9.17, 15) is 4.39 Å². The maximum absolute atomic E-state index is 13.4. The first kappa shape index (κ1) is 15.1. The van der Waals surface area contributed by atoms with E-state index in [1.165, 1.54) is 6.07 Å². The van der Waals surface area contributed by atoms with Gasteiger partial charge in [0.25, 0.3) is 0 Å². The molecule has 2 aromatic rings. The molecule has 2 nitrogen and oxygen atoms in total. The Morgan fingerprint density at radius 1 is 1.25 bits per heavy atom. The molecule has 2 rings (SSSR count). The number of nitrogens with one attached hydrogen (secondary N) is 1. The van der Waals surface area contributed by atoms with Crippen molar-refractivity contribution in [2.24, 2.45) is 0 Å². The molecule has 1 atom stereocenters. The lowest BCUT2D eigenvalue weighted by molar-refractivity contribution is 0.588. The van der Waals surface area contributed by atoms with Gasteiger partial charge in [-0.1, -0.05) is 19.1 Å². The number of pyridine rings is 1. The zero-order valence-corrected chi connectivity index (χ0v) is 13.2. The molecule has 1 aromatic heterocycles. The van der Waals surface area contributed by atoms with Crippen LogP contribution >= 0.6 is 15.9 Å². The van der Waals surface area contributed by atoms with Crippen molar-refractivity contribution in [2.45, 2.75) is 26.3 Å². The molecular weight excluding hydrogens is 319 g/mol. The predicted molar refractivity (Wildman–Crippen MR) is 83.2 cm³/mol. The van der Waals surface area contributed by atoms with Gasteiger partial charge in [0.15, 0.2) is 0 Å². The van der Waals surface area contributed by atoms with Crippen LogP contribution in [0.5, 0.6) is 0 Å². The third kappa shape index (κ3) is 3.64. The second-order valence-corrected chi connectivity index (χ2v) is 5.75. The minimum atomic E-state index is -0.171. The van der Waals surface area contributed by atoms with E-state index in [4.69, 9.17) is 0 Å². The summed E-state index contributed by atoms with van der Waals surface area (Å²) < 4.78 is 14.4. The zero-order chi connectivity index (χ0) is 14.5. The molecule has 1 unspecified atom stereocenters. The highest BCUT2D eigenvalue weighted by atomic mass is 79.9. The summed E-state index contributed by atoms with van der Waals surface area (Å²) in [6.07, 6.45) is 4.64. The van der Waals surface area contributed by atoms with Gasteiger partial charge in [-0.3, -0.25) is 4.98 Å². The van der Waals surface area contributed by atoms with E-state index in [1.807, 2.05) is 24.4 Å². The van der Waals surface area contributed by atoms with Crippen molar-refractivity contribution >= 4 is 15.9 Å². The van der Waals surface area contributed by atoms with E-state index in [2.05, 4.69) is 33.2 Å². The van der Waals surface area contributed by atoms with E-state index >= 15 is 0 Å². The topological polar surface area (TPSA) is 24.9 Å². The highest BCUT2D eigenvalue weighted by Crippen LogP contribution is 2.25. The molecule has 106 valence electrons. The average molecular weight is 337 g/mol. The van der Waals surface area contributed by atoms with Crippen LogP contribution in [0.4, 0.5) is 4.39 Å². The molecule has 0 fully saturated rings. The quantitative estimate of drug-likeness (QED) is 0.876. The number of hydrogen-bond acceptors (Lipinski definition) is 2. The molecule has 0 aliphatic heterocycles. The van der Waals surface area contributed by atoms with E-state index in [0.717, 1.165) is 28.6 Å². The van der Waals surface area contributed by atoms with Gasteiger partial charge in [0, 0.05) is 16.9 Å². The second-order valence-electron chi connectivity index (χ2n) is 4.83. The average Bonchev–Trinajstić information content (AvgIpc) is 2.43. The minimum absolute atomic E-state index is 0.0271. The molecule has 1 N–H and O–H groups in total. The molecule has 20 heavy (non-hydrogen) atoms. The molecule has 1 heterocycles. The smallest absolute Gasteiger partial charge is 0.126 e. The van der Waals surface area contributed by atoms with Crippen molar-refractivity contribution in [2.75, 3.05) is 6.54 Å². The summed E-state index contributed by atoms with van der Waals surface area (Å²) in [6, 6.07) is 7.31. The SMILES string of the molecule is CCCNC(c1cncc(Br)c1)c1ccc(F)c(C)c1. The molecule has 0 saturated carbocycles. The maximum Gasteiger partial charge on any atom is 0.126 e. The Balaban J connectivity index is 2.38. The third-order valence-corrected chi connectivity index (χ3v) is 3.61. The number of hydrogen-bond donors (Lipinski definition) is 1. The van der Waals surface area contributed by atoms with Crippen LogP contribution in [0.25, 0.3) is 0 Å². The molecule has 4 heteroatoms. The van der Waals surface area contributed by atoms with E-state index in [-0.39, 0.29) is 11.9 Å². The zero-order valence-electron chi connectivity index (χ0n) is 11.7. The number of aryl methyl sites for hydroxylation is 1. The first-order valence-corrected chi connectivity index (χ1v) is 7.51. The number of halogens is 2. The monoisotopic (exact) mass is 336 g/mol. The van der Waals surface area contributed by atoms with Crippen LogP contribution in [0.15, 0.2) is 41.1 Å². The van der Waals surface area contributed by atoms with Crippen LogP contribution in [0.2, 0.25) is 0 Å². The molecule has 1 aromatic carbocycles. The van der Waals surface area contributed by atoms with Crippen LogP contribution in [0, 0.1) is 12.7 Å². The number of aromatic nitrogens is 1. The van der Waals surface area contributed by atoms with Gasteiger partial charge in [-0.15, -0.1) is 0 Å². The molecule has 0 spiro atoms. The van der Waals surface area contributed by atoms with Gasteiger partial charge >= 0.3 is 0 Å². The van der Waals surface area contributed by atoms with Crippen LogP contribution in [0.1, 0.15) is 36.1 Å². The van der Waals surface area contributed by atoms with E-state index in [0.29, 0.717) is 5.56 Å². The van der Waals surface area contributed by atoms with Gasteiger partial charge in [0.05, 0.1) is 6.04 Å². The van der Waals surface area contributed by atoms with Crippen LogP contribution in [-0.4, -0.2) is 11.5 Å². The van der Waals surface area contributed by atoms with Crippen molar-refractivity contribution in [3.05, 3.63) is 63.6 Å². The molecule has 0 aliphatic carbocycles. The first-order valence-electron chi connectivity index (χ1n) is 6.71. The normalized spacial score (nSPS) is 12.4. The van der Waals surface area contributed by atoms with Gasteiger partial charge in [-0.2, -0.15) is 0 Å². The Morgan fingerprint density at radius 2 is 2.05 bits per heavy atom. The highest BCUT2D eigenvalue weighted by molar-refractivity contribution is 9.10. The van der Waals surface area contributed by atoms with Gasteiger partial charge in [-0.25, -0.2) is 4.39 Å². The summed E-state index contributed by atoms with van der Waals surface area (Å²) in [4.78, 5) is 4.22. The minimum Gasteiger partial charge on any atom is -0.306 e. The fourth-order valence-electron chi connectivity index (χ4n) is 2.15. The van der Waals surface area contributed by atoms with Crippen molar-refractivity contribution in [1.82, 2.24) is 10.3 Å². The summed E-state index contributed by atoms with van der Waals surface area (Å²) in [7, 11) is 0. The largest absolute Gasteiger partial charge is 0.306 e. The summed E-state index contributed by atoms with van der Waals surface area (Å²) in [6.45, 7) is 4.81. The lowest BCUT2D eigenvalue weighted by Gasteiger charge is -2.20. The van der Waals surface area contributed by atoms with Gasteiger partial charge < -0.3 is 5.32 Å². The first-order chi connectivity index (χ1) is 9.61. The van der Waals surface area contributed by atoms with Crippen molar-refractivity contribution in [3.8, 4) is 0 Å². The Bertz CT molecular complexity index is 586. The summed E-state index contributed by atoms with van der Waals surface area (Å²) in [5.74, 6) is -0.171. The molecular formula is C16H18BrFN2. The lowest BCUT2D eigenvalue weighted by atomic mass is 9.98. The fourth-order valence-corrected chi connectivity index (χ4v) is 2.53. The summed E-state index contributed by atoms with van der Waals surface area (Å²) in [5.41, 5.74) is 2.78. The molecule has 0 saturated heterocycles. The maximum atomic E-state index is 13.4. The number of rotatable bonds is 5. The number of benzene rings is 1. The van der Waals surface area contributed by atoms with Gasteiger partial charge in [-0.05, 0) is 64.6 Å². The summed E-state index contributed by atoms with van der Waals surface area (Å²) >= 11 is 3.45. The van der Waals surface area contributed by atoms with Crippen molar-refractivity contribution in [3.63, 3.8) is 0 Å². The highest BCUT2D eigenvalue weighted by Gasteiger charge is 2.15. The Morgan fingerprint density at radius 3 is 2.70 bits per heavy atom. The van der Waals surface area contributed by atoms with Crippen molar-refractivity contribution < 1.29 is 4.39 Å². The molecule has 0 amide bonds. The summed E-state index contributed by atoms with van der Waals surface area (Å²) in [5, 5.41) is 3.49. The second kappa shape index (κ2) is 6.95. The van der Waals surface area contributed by atoms with Crippen LogP contribution in [-0.2, 0) is 0 Å². The molecule has 0 bridgehead atoms. The van der Waals surface area contributed by atoms with E-state index < -0.39 is 0 Å². The van der Waals surface area contributed by atoms with E-state index in [1.54, 1.807) is 13.1 Å². The van der Waals surface area contributed by atoms with Crippen LogP contribution in [0.3, 0.4) is 0 Å². The Labute approximate surface area is 127 Å². The Hall–Kier alpha value is -1.26. The van der Waals surface area contributed by atoms with Crippen molar-refractivity contribution in [1.29, 1.82) is 0 Å². The van der Waals surface area contributed by atoms with Crippen LogP contribution < -0.4 is 5.32 Å². The number of nitrogens with zero attached hydrogens (tertiary/aromatic N) is 1. The fraction of sp³-hybridized carbons (Fsp3) is 0.312. The Kier molecular flexibility index (Phi) is 5.26.